The normalized spacial score (nSPS) is 18.5. The quantitative estimate of drug-likeness (QED) is 0.518. The van der Waals surface area contributed by atoms with Crippen molar-refractivity contribution in [1.82, 2.24) is 14.9 Å². The number of ether oxygens (including phenoxy) is 2. The highest BCUT2D eigenvalue weighted by Gasteiger charge is 2.18. The highest BCUT2D eigenvalue weighted by atomic mass is 16.5. The maximum Gasteiger partial charge on any atom is 0.122 e. The van der Waals surface area contributed by atoms with Crippen molar-refractivity contribution in [2.45, 2.75) is 45.1 Å². The van der Waals surface area contributed by atoms with Crippen LogP contribution in [0.4, 0.5) is 0 Å². The first-order valence-corrected chi connectivity index (χ1v) is 12.7. The molecule has 1 aliphatic carbocycles. The Bertz CT molecular complexity index is 1050. The number of rotatable bonds is 3. The first-order chi connectivity index (χ1) is 16.8. The number of hydrogen-bond acceptors (Lipinski definition) is 5. The van der Waals surface area contributed by atoms with E-state index in [1.54, 1.807) is 6.33 Å². The van der Waals surface area contributed by atoms with Crippen LogP contribution in [-0.4, -0.2) is 47.8 Å². The molecule has 0 radical (unpaired) electrons. The third-order valence-electron chi connectivity index (χ3n) is 7.02. The average Bonchev–Trinajstić information content (AvgIpc) is 2.87. The minimum absolute atomic E-state index is 0.559. The van der Waals surface area contributed by atoms with Crippen LogP contribution in [-0.2, 0) is 17.7 Å². The molecule has 1 aromatic heterocycles. The average molecular weight is 458 g/mol. The number of aromatic nitrogens is 2. The Morgan fingerprint density at radius 1 is 0.853 bits per heavy atom. The van der Waals surface area contributed by atoms with Gasteiger partial charge in [0.25, 0.3) is 0 Å². The molecule has 5 nitrogen and oxygen atoms in total. The fourth-order valence-electron chi connectivity index (χ4n) is 5.28. The third-order valence-corrected chi connectivity index (χ3v) is 7.02. The van der Waals surface area contributed by atoms with Crippen LogP contribution in [0.25, 0.3) is 11.1 Å². The van der Waals surface area contributed by atoms with E-state index in [0.29, 0.717) is 13.2 Å². The summed E-state index contributed by atoms with van der Waals surface area (Å²) in [5.41, 5.74) is 5.99. The second-order valence-corrected chi connectivity index (χ2v) is 9.65. The van der Waals surface area contributed by atoms with Crippen LogP contribution in [0.2, 0.25) is 0 Å². The molecule has 34 heavy (non-hydrogen) atoms. The van der Waals surface area contributed by atoms with E-state index in [9.17, 15) is 0 Å². The Morgan fingerprint density at radius 2 is 1.71 bits per heavy atom. The van der Waals surface area contributed by atoms with Crippen LogP contribution in [0, 0.1) is 5.92 Å². The van der Waals surface area contributed by atoms with E-state index in [-0.39, 0.29) is 0 Å². The fraction of sp³-hybridized carbons (Fsp3) is 0.448. The number of benzene rings is 2. The summed E-state index contributed by atoms with van der Waals surface area (Å²) in [6.07, 6.45) is 13.0. The summed E-state index contributed by atoms with van der Waals surface area (Å²) >= 11 is 0. The molecule has 1 aliphatic heterocycles. The van der Waals surface area contributed by atoms with E-state index in [2.05, 4.69) is 57.3 Å². The van der Waals surface area contributed by atoms with Crippen molar-refractivity contribution in [2.75, 3.05) is 32.9 Å². The summed E-state index contributed by atoms with van der Waals surface area (Å²) in [5.74, 6) is 1.75. The lowest BCUT2D eigenvalue weighted by Crippen LogP contribution is -2.33. The highest BCUT2D eigenvalue weighted by Crippen LogP contribution is 2.29. The zero-order chi connectivity index (χ0) is 23.0. The number of nitrogens with zero attached hydrogens (tertiary/aromatic N) is 3. The van der Waals surface area contributed by atoms with E-state index in [1.165, 1.54) is 55.3 Å². The minimum atomic E-state index is 0.559. The molecule has 2 aromatic carbocycles. The largest absolute Gasteiger partial charge is 0.491 e. The van der Waals surface area contributed by atoms with Crippen molar-refractivity contribution in [3.8, 4) is 16.9 Å². The van der Waals surface area contributed by atoms with Gasteiger partial charge >= 0.3 is 0 Å². The molecule has 2 heterocycles. The fourth-order valence-corrected chi connectivity index (χ4v) is 5.28. The Hall–Kier alpha value is -2.76. The molecule has 0 saturated heterocycles. The number of hydrogen-bond donors (Lipinski definition) is 0. The highest BCUT2D eigenvalue weighted by molar-refractivity contribution is 5.64. The molecular formula is C29H35N3O2. The van der Waals surface area contributed by atoms with Gasteiger partial charge in [-0.15, -0.1) is 0 Å². The summed E-state index contributed by atoms with van der Waals surface area (Å²) in [6, 6.07) is 15.4. The van der Waals surface area contributed by atoms with Crippen LogP contribution in [0.1, 0.15) is 48.8 Å². The molecule has 5 rings (SSSR count). The SMILES string of the molecule is c1cc2cc(c1)CN(CC1CCCCC1)CCOCCOc1ccc(-c3cncnc3)cc1C2. The molecular weight excluding hydrogens is 422 g/mol. The van der Waals surface area contributed by atoms with Gasteiger partial charge < -0.3 is 9.47 Å². The van der Waals surface area contributed by atoms with Crippen molar-refractivity contribution in [3.63, 3.8) is 0 Å². The maximum atomic E-state index is 6.17. The third kappa shape index (κ3) is 6.22. The van der Waals surface area contributed by atoms with Gasteiger partial charge in [0.1, 0.15) is 18.7 Å². The Kier molecular flexibility index (Phi) is 7.84. The summed E-state index contributed by atoms with van der Waals surface area (Å²) in [5, 5.41) is 0. The smallest absolute Gasteiger partial charge is 0.122 e. The van der Waals surface area contributed by atoms with Gasteiger partial charge in [0.05, 0.1) is 13.2 Å². The van der Waals surface area contributed by atoms with Gasteiger partial charge in [-0.2, -0.15) is 0 Å². The van der Waals surface area contributed by atoms with Crippen molar-refractivity contribution in [2.24, 2.45) is 5.92 Å². The molecule has 0 unspecified atom stereocenters. The molecule has 0 amide bonds. The second kappa shape index (κ2) is 11.6. The predicted molar refractivity (Wildman–Crippen MR) is 135 cm³/mol. The summed E-state index contributed by atoms with van der Waals surface area (Å²) in [7, 11) is 0. The molecule has 178 valence electrons. The maximum absolute atomic E-state index is 6.17. The van der Waals surface area contributed by atoms with E-state index in [0.717, 1.165) is 48.9 Å². The van der Waals surface area contributed by atoms with E-state index in [4.69, 9.17) is 9.47 Å². The van der Waals surface area contributed by atoms with Crippen molar-refractivity contribution >= 4 is 0 Å². The first kappa shape index (κ1) is 23.0. The standard InChI is InChI=1S/C29H35N3O2/c1-2-5-23(6-3-1)20-32-11-12-33-13-14-34-29-10-9-26(28-18-30-22-31-19-28)17-27(29)16-24-7-4-8-25(15-24)21-32/h4,7-10,15,17-19,22-23H,1-3,5-6,11-14,16,20-21H2. The van der Waals surface area contributed by atoms with Crippen LogP contribution >= 0.6 is 0 Å². The zero-order valence-electron chi connectivity index (χ0n) is 20.0. The van der Waals surface area contributed by atoms with Crippen LogP contribution in [0.5, 0.6) is 5.75 Å². The lowest BCUT2D eigenvalue weighted by atomic mass is 9.89. The van der Waals surface area contributed by atoms with Crippen LogP contribution in [0.15, 0.2) is 61.2 Å². The Balaban J connectivity index is 1.39. The van der Waals surface area contributed by atoms with E-state index < -0.39 is 0 Å². The first-order valence-electron chi connectivity index (χ1n) is 12.7. The summed E-state index contributed by atoms with van der Waals surface area (Å²) in [4.78, 5) is 11.0. The summed E-state index contributed by atoms with van der Waals surface area (Å²) in [6.45, 7) is 5.04. The molecule has 3 aromatic rings. The lowest BCUT2D eigenvalue weighted by molar-refractivity contribution is 0.0711. The van der Waals surface area contributed by atoms with Crippen molar-refractivity contribution in [1.29, 1.82) is 0 Å². The van der Waals surface area contributed by atoms with Gasteiger partial charge in [-0.3, -0.25) is 4.90 Å². The zero-order valence-corrected chi connectivity index (χ0v) is 20.0. The molecule has 0 spiro atoms. The monoisotopic (exact) mass is 457 g/mol. The van der Waals surface area contributed by atoms with Crippen molar-refractivity contribution in [3.05, 3.63) is 77.9 Å². The molecule has 2 bridgehead atoms. The van der Waals surface area contributed by atoms with Gasteiger partial charge in [0.2, 0.25) is 0 Å². The topological polar surface area (TPSA) is 47.5 Å². The van der Waals surface area contributed by atoms with E-state index in [1.807, 2.05) is 12.4 Å². The van der Waals surface area contributed by atoms with E-state index >= 15 is 0 Å². The van der Waals surface area contributed by atoms with Crippen molar-refractivity contribution < 1.29 is 9.47 Å². The van der Waals surface area contributed by atoms with Gasteiger partial charge in [-0.1, -0.05) is 49.6 Å². The molecule has 5 heteroatoms. The molecule has 1 saturated carbocycles. The Morgan fingerprint density at radius 3 is 2.59 bits per heavy atom. The van der Waals surface area contributed by atoms with Crippen LogP contribution < -0.4 is 4.74 Å². The van der Waals surface area contributed by atoms with Gasteiger partial charge in [-0.25, -0.2) is 9.97 Å². The predicted octanol–water partition coefficient (Wildman–Crippen LogP) is 5.53. The molecule has 2 aliphatic rings. The summed E-state index contributed by atoms with van der Waals surface area (Å²) < 4.78 is 12.2. The van der Waals surface area contributed by atoms with Gasteiger partial charge in [0, 0.05) is 44.0 Å². The van der Waals surface area contributed by atoms with Gasteiger partial charge in [-0.05, 0) is 53.1 Å². The second-order valence-electron chi connectivity index (χ2n) is 9.65. The van der Waals surface area contributed by atoms with Crippen LogP contribution in [0.3, 0.4) is 0 Å². The molecule has 0 atom stereocenters. The Labute approximate surface area is 203 Å². The lowest BCUT2D eigenvalue weighted by Gasteiger charge is -2.30. The number of fused-ring (bicyclic) bond motifs is 3. The minimum Gasteiger partial charge on any atom is -0.491 e. The van der Waals surface area contributed by atoms with Gasteiger partial charge in [0.15, 0.2) is 0 Å². The molecule has 0 N–H and O–H groups in total. The molecule has 1 fully saturated rings.